The Labute approximate surface area is 360 Å². The number of benzene rings is 1. The Hall–Kier alpha value is -4.37. The van der Waals surface area contributed by atoms with Crippen LogP contribution in [0, 0.1) is 23.7 Å². The molecule has 1 aromatic heterocycles. The lowest BCUT2D eigenvalue weighted by atomic mass is 9.89. The number of aromatic nitrogens is 1. The average Bonchev–Trinajstić information content (AvgIpc) is 3.70. The van der Waals surface area contributed by atoms with Gasteiger partial charge < -0.3 is 30.1 Å². The van der Waals surface area contributed by atoms with Crippen molar-refractivity contribution in [2.45, 2.75) is 150 Å². The number of thiazole rings is 1. The number of ketones is 1. The molecule has 3 rings (SSSR count). The van der Waals surface area contributed by atoms with Crippen LogP contribution in [0.15, 0.2) is 29.6 Å². The zero-order valence-electron chi connectivity index (χ0n) is 37.3. The number of phenols is 1. The van der Waals surface area contributed by atoms with Crippen LogP contribution in [0.25, 0.3) is 0 Å². The van der Waals surface area contributed by atoms with Crippen molar-refractivity contribution < 1.29 is 43.3 Å². The Morgan fingerprint density at radius 1 is 0.983 bits per heavy atom. The van der Waals surface area contributed by atoms with Gasteiger partial charge in [-0.1, -0.05) is 80.4 Å². The Morgan fingerprint density at radius 3 is 2.25 bits per heavy atom. The van der Waals surface area contributed by atoms with Crippen molar-refractivity contribution in [3.63, 3.8) is 0 Å². The molecular weight excluding hydrogens is 787 g/mol. The van der Waals surface area contributed by atoms with Gasteiger partial charge in [-0.15, -0.1) is 11.3 Å². The number of aromatic hydroxyl groups is 1. The fraction of sp³-hybridized carbons (Fsp3) is 0.667. The van der Waals surface area contributed by atoms with Crippen LogP contribution >= 0.6 is 11.3 Å². The molecule has 0 spiro atoms. The lowest BCUT2D eigenvalue weighted by molar-refractivity contribution is -0.160. The summed E-state index contributed by atoms with van der Waals surface area (Å²) >= 11 is 1.14. The highest BCUT2D eigenvalue weighted by atomic mass is 32.1. The molecule has 0 bridgehead atoms. The van der Waals surface area contributed by atoms with Crippen molar-refractivity contribution >= 4 is 46.8 Å². The Balaban J connectivity index is 1.96. The largest absolute Gasteiger partial charge is 0.508 e. The molecule has 2 heterocycles. The maximum atomic E-state index is 14.8. The Kier molecular flexibility index (Phi) is 20.1. The molecule has 1 aliphatic heterocycles. The van der Waals surface area contributed by atoms with Gasteiger partial charge in [-0.05, 0) is 75.2 Å². The number of hydrogen-bond acceptors (Lipinski definition) is 12. The quantitative estimate of drug-likeness (QED) is 0.0808. The molecule has 1 unspecified atom stereocenters. The van der Waals surface area contributed by atoms with Gasteiger partial charge in [0.2, 0.25) is 11.8 Å². The number of phenolic OH excluding ortho intramolecular Hbond substituents is 1. The molecule has 0 radical (unpaired) electrons. The van der Waals surface area contributed by atoms with E-state index in [1.807, 2.05) is 67.3 Å². The zero-order valence-corrected chi connectivity index (χ0v) is 38.1. The van der Waals surface area contributed by atoms with Crippen LogP contribution in [-0.4, -0.2) is 99.8 Å². The number of amides is 3. The van der Waals surface area contributed by atoms with Gasteiger partial charge in [0.25, 0.3) is 5.91 Å². The number of likely N-dealkylation sites (N-methyl/N-ethyl adjacent to an activating group) is 1. The summed E-state index contributed by atoms with van der Waals surface area (Å²) in [5.74, 6) is -2.95. The summed E-state index contributed by atoms with van der Waals surface area (Å²) in [5, 5.41) is 17.8. The predicted molar refractivity (Wildman–Crippen MR) is 231 cm³/mol. The highest BCUT2D eigenvalue weighted by Crippen LogP contribution is 2.32. The van der Waals surface area contributed by atoms with Gasteiger partial charge >= 0.3 is 11.9 Å². The minimum Gasteiger partial charge on any atom is -0.508 e. The lowest BCUT2D eigenvalue weighted by Gasteiger charge is -2.39. The van der Waals surface area contributed by atoms with E-state index >= 15 is 0 Å². The third kappa shape index (κ3) is 15.0. The second kappa shape index (κ2) is 24.2. The van der Waals surface area contributed by atoms with E-state index in [4.69, 9.17) is 9.47 Å². The Bertz CT molecular complexity index is 1730. The molecule has 60 heavy (non-hydrogen) atoms. The van der Waals surface area contributed by atoms with E-state index < -0.39 is 48.0 Å². The van der Waals surface area contributed by atoms with E-state index in [1.165, 1.54) is 11.8 Å². The lowest BCUT2D eigenvalue weighted by Crippen LogP contribution is -2.59. The second-order valence-electron chi connectivity index (χ2n) is 17.0. The number of ether oxygens (including phenoxy) is 2. The van der Waals surface area contributed by atoms with Crippen LogP contribution in [0.3, 0.4) is 0 Å². The van der Waals surface area contributed by atoms with Gasteiger partial charge in [-0.2, -0.15) is 0 Å². The minimum atomic E-state index is -0.980. The molecule has 2 aromatic rings. The van der Waals surface area contributed by atoms with Gasteiger partial charge in [0, 0.05) is 49.1 Å². The maximum Gasteiger partial charge on any atom is 0.307 e. The van der Waals surface area contributed by atoms with E-state index in [0.29, 0.717) is 37.1 Å². The third-order valence-corrected chi connectivity index (χ3v) is 12.3. The molecule has 0 saturated carbocycles. The number of carbonyl (C=O) groups is 6. The van der Waals surface area contributed by atoms with E-state index in [1.54, 1.807) is 29.6 Å². The predicted octanol–water partition coefficient (Wildman–Crippen LogP) is 6.60. The molecule has 1 aliphatic rings. The first kappa shape index (κ1) is 50.0. The molecule has 0 aliphatic carbocycles. The fourth-order valence-electron chi connectivity index (χ4n) is 7.66. The van der Waals surface area contributed by atoms with Crippen molar-refractivity contribution in [3.8, 4) is 5.75 Å². The van der Waals surface area contributed by atoms with Crippen LogP contribution in [0.4, 0.5) is 0 Å². The average molecular weight is 856 g/mol. The highest BCUT2D eigenvalue weighted by Gasteiger charge is 2.39. The topological polar surface area (TPSA) is 185 Å². The van der Waals surface area contributed by atoms with Gasteiger partial charge in [0.15, 0.2) is 12.8 Å². The fourth-order valence-corrected chi connectivity index (χ4v) is 8.50. The number of Topliss-reactive ketones (excluding diaryl/α,β-unsaturated/α-hetero) is 1. The molecule has 7 atom stereocenters. The molecular formula is C45H69N5O9S. The minimum absolute atomic E-state index is 0.0632. The number of rotatable bonds is 23. The third-order valence-electron chi connectivity index (χ3n) is 11.4. The summed E-state index contributed by atoms with van der Waals surface area (Å²) in [6.07, 6.45) is 3.79. The first-order valence-corrected chi connectivity index (χ1v) is 22.5. The summed E-state index contributed by atoms with van der Waals surface area (Å²) in [4.78, 5) is 88.7. The number of nitrogens with zero attached hydrogens (tertiary/aromatic N) is 3. The zero-order chi connectivity index (χ0) is 44.7. The van der Waals surface area contributed by atoms with Crippen LogP contribution < -0.4 is 10.6 Å². The highest BCUT2D eigenvalue weighted by molar-refractivity contribution is 7.09. The molecule has 1 aromatic carbocycles. The molecule has 3 N–H and O–H groups in total. The molecule has 1 fully saturated rings. The maximum absolute atomic E-state index is 14.8. The number of nitrogens with one attached hydrogen (secondary N) is 2. The first-order chi connectivity index (χ1) is 28.4. The van der Waals surface area contributed by atoms with Crippen LogP contribution in [0.1, 0.15) is 141 Å². The molecule has 14 nitrogen and oxygen atoms in total. The molecule has 1 saturated heterocycles. The summed E-state index contributed by atoms with van der Waals surface area (Å²) < 4.78 is 11.5. The number of esters is 2. The Morgan fingerprint density at radius 2 is 1.67 bits per heavy atom. The smallest absolute Gasteiger partial charge is 0.307 e. The van der Waals surface area contributed by atoms with Crippen molar-refractivity contribution in [2.75, 3.05) is 20.3 Å². The van der Waals surface area contributed by atoms with E-state index in [2.05, 4.69) is 15.6 Å². The number of hydrogen-bond donors (Lipinski definition) is 3. The number of likely N-dealkylation sites (tertiary alicyclic amines) is 1. The van der Waals surface area contributed by atoms with E-state index in [-0.39, 0.29) is 72.4 Å². The van der Waals surface area contributed by atoms with Crippen molar-refractivity contribution in [1.82, 2.24) is 25.4 Å². The van der Waals surface area contributed by atoms with Crippen molar-refractivity contribution in [2.24, 2.45) is 23.7 Å². The summed E-state index contributed by atoms with van der Waals surface area (Å²) in [7, 11) is 1.91. The molecule has 334 valence electrons. The summed E-state index contributed by atoms with van der Waals surface area (Å²) in [6, 6.07) is 4.31. The standard InChI is InChI=1S/C45H69N5O9S/c1-11-15-39(53)58-26-50(45(57)40(29(7)12-2)48-43(56)36-16-13-14-21-49(36)10)37(27(3)4)24-38(59-31(9)51)44-47-35(25-60-44)42(55)46-33(22-30(8)41(54)28(5)6)23-32-17-19-34(52)20-18-32/h17-20,25,27-30,33,36-38,40,52H,11-16,21-24,26H2,1-10H3,(H,46,55)(H,48,56)/t29?,30-,33+,36+,37+,38+,40-/m0/s1. The van der Waals surface area contributed by atoms with E-state index in [0.717, 1.165) is 36.3 Å². The van der Waals surface area contributed by atoms with Crippen LogP contribution in [-0.2, 0) is 39.9 Å². The van der Waals surface area contributed by atoms with E-state index in [9.17, 15) is 33.9 Å². The second-order valence-corrected chi connectivity index (χ2v) is 17.9. The first-order valence-electron chi connectivity index (χ1n) is 21.6. The van der Waals surface area contributed by atoms with Crippen LogP contribution in [0.5, 0.6) is 5.75 Å². The number of carbonyl (C=O) groups excluding carboxylic acids is 6. The number of piperidine rings is 1. The summed E-state index contributed by atoms with van der Waals surface area (Å²) in [6.45, 7) is 16.8. The monoisotopic (exact) mass is 855 g/mol. The molecule has 3 amide bonds. The SMILES string of the molecule is CCCC(=O)OCN(C(=O)[C@@H](NC(=O)[C@H]1CCCCN1C)C(C)CC)[C@H](C[C@@H](OC(C)=O)c1nc(C(=O)N[C@@H](Cc2ccc(O)cc2)C[C@H](C)C(=O)C(C)C)cs1)C(C)C. The van der Waals surface area contributed by atoms with Crippen molar-refractivity contribution in [3.05, 3.63) is 45.9 Å². The molecule has 15 heteroatoms. The summed E-state index contributed by atoms with van der Waals surface area (Å²) in [5.41, 5.74) is 0.965. The van der Waals surface area contributed by atoms with Gasteiger partial charge in [0.1, 0.15) is 28.3 Å². The van der Waals surface area contributed by atoms with Gasteiger partial charge in [-0.25, -0.2) is 4.98 Å². The normalized spacial score (nSPS) is 17.5. The van der Waals surface area contributed by atoms with Crippen molar-refractivity contribution in [1.29, 1.82) is 0 Å². The van der Waals surface area contributed by atoms with Crippen LogP contribution in [0.2, 0.25) is 0 Å². The van der Waals surface area contributed by atoms with Gasteiger partial charge in [0.05, 0.1) is 6.04 Å². The van der Waals surface area contributed by atoms with Gasteiger partial charge in [-0.3, -0.25) is 33.7 Å².